The van der Waals surface area contributed by atoms with E-state index < -0.39 is 35.3 Å². The number of rotatable bonds is 10. The van der Waals surface area contributed by atoms with Crippen LogP contribution in [-0.4, -0.2) is 23.5 Å². The summed E-state index contributed by atoms with van der Waals surface area (Å²) < 4.78 is 16.3. The molecule has 2 rings (SSSR count). The van der Waals surface area contributed by atoms with E-state index in [1.807, 2.05) is 60.7 Å². The standard InChI is InChI=1S/C25H30O6/c1-18(23(27)29-16-20-11-7-5-8-12-20)22(15-25(3,4)31-19(2)26)24(28)30-17-21-13-9-6-10-14-21/h5-14,18,22H,15-17H2,1-4H3. The van der Waals surface area contributed by atoms with Gasteiger partial charge in [0.1, 0.15) is 18.8 Å². The summed E-state index contributed by atoms with van der Waals surface area (Å²) in [6.45, 7) is 6.55. The van der Waals surface area contributed by atoms with Crippen LogP contribution in [0.5, 0.6) is 0 Å². The van der Waals surface area contributed by atoms with Gasteiger partial charge in [0.25, 0.3) is 0 Å². The lowest BCUT2D eigenvalue weighted by atomic mass is 9.84. The lowest BCUT2D eigenvalue weighted by Crippen LogP contribution is -2.38. The van der Waals surface area contributed by atoms with Crippen molar-refractivity contribution in [2.24, 2.45) is 11.8 Å². The van der Waals surface area contributed by atoms with E-state index in [2.05, 4.69) is 0 Å². The number of benzene rings is 2. The first-order valence-corrected chi connectivity index (χ1v) is 10.3. The third-order valence-corrected chi connectivity index (χ3v) is 4.86. The van der Waals surface area contributed by atoms with Gasteiger partial charge < -0.3 is 14.2 Å². The first kappa shape index (κ1) is 24.1. The van der Waals surface area contributed by atoms with Gasteiger partial charge in [0.05, 0.1) is 11.8 Å². The number of hydrogen-bond acceptors (Lipinski definition) is 6. The third kappa shape index (κ3) is 8.24. The fourth-order valence-electron chi connectivity index (χ4n) is 3.28. The van der Waals surface area contributed by atoms with E-state index in [0.29, 0.717) is 0 Å². The second-order valence-corrected chi connectivity index (χ2v) is 8.14. The Morgan fingerprint density at radius 1 is 0.806 bits per heavy atom. The van der Waals surface area contributed by atoms with Crippen molar-refractivity contribution in [3.05, 3.63) is 71.8 Å². The highest BCUT2D eigenvalue weighted by Crippen LogP contribution is 2.29. The van der Waals surface area contributed by atoms with Crippen LogP contribution in [0, 0.1) is 11.8 Å². The van der Waals surface area contributed by atoms with Crippen LogP contribution < -0.4 is 0 Å². The Morgan fingerprint density at radius 2 is 1.26 bits per heavy atom. The molecule has 31 heavy (non-hydrogen) atoms. The number of hydrogen-bond donors (Lipinski definition) is 0. The summed E-state index contributed by atoms with van der Waals surface area (Å²) in [5.74, 6) is -3.11. The molecule has 0 saturated heterocycles. The van der Waals surface area contributed by atoms with Gasteiger partial charge in [-0.1, -0.05) is 67.6 Å². The van der Waals surface area contributed by atoms with Crippen LogP contribution in [0.1, 0.15) is 45.2 Å². The van der Waals surface area contributed by atoms with E-state index in [4.69, 9.17) is 14.2 Å². The molecule has 6 nitrogen and oxygen atoms in total. The zero-order valence-corrected chi connectivity index (χ0v) is 18.5. The van der Waals surface area contributed by atoms with Crippen molar-refractivity contribution in [3.8, 4) is 0 Å². The molecular formula is C25H30O6. The summed E-state index contributed by atoms with van der Waals surface area (Å²) in [6.07, 6.45) is 0.127. The maximum atomic E-state index is 12.9. The predicted octanol–water partition coefficient (Wildman–Crippen LogP) is 4.46. The fourth-order valence-corrected chi connectivity index (χ4v) is 3.28. The van der Waals surface area contributed by atoms with Crippen LogP contribution in [0.2, 0.25) is 0 Å². The van der Waals surface area contributed by atoms with Gasteiger partial charge in [-0.3, -0.25) is 14.4 Å². The molecule has 0 N–H and O–H groups in total. The molecule has 0 bridgehead atoms. The molecule has 6 heteroatoms. The van der Waals surface area contributed by atoms with Gasteiger partial charge in [-0.25, -0.2) is 0 Å². The first-order chi connectivity index (χ1) is 14.7. The summed E-state index contributed by atoms with van der Waals surface area (Å²) in [6, 6.07) is 18.6. The highest BCUT2D eigenvalue weighted by atomic mass is 16.6. The van der Waals surface area contributed by atoms with Crippen molar-refractivity contribution >= 4 is 17.9 Å². The summed E-state index contributed by atoms with van der Waals surface area (Å²) in [5, 5.41) is 0. The Bertz CT molecular complexity index is 860. The lowest BCUT2D eigenvalue weighted by molar-refractivity contribution is -0.168. The van der Waals surface area contributed by atoms with Crippen molar-refractivity contribution in [1.29, 1.82) is 0 Å². The van der Waals surface area contributed by atoms with Crippen LogP contribution in [0.25, 0.3) is 0 Å². The molecule has 166 valence electrons. The van der Waals surface area contributed by atoms with E-state index in [1.165, 1.54) is 6.92 Å². The predicted molar refractivity (Wildman–Crippen MR) is 116 cm³/mol. The number of ether oxygens (including phenoxy) is 3. The van der Waals surface area contributed by atoms with Crippen molar-refractivity contribution in [3.63, 3.8) is 0 Å². The highest BCUT2D eigenvalue weighted by molar-refractivity contribution is 5.82. The number of carbonyl (C=O) groups excluding carboxylic acids is 3. The quantitative estimate of drug-likeness (QED) is 0.412. The van der Waals surface area contributed by atoms with E-state index in [0.717, 1.165) is 11.1 Å². The summed E-state index contributed by atoms with van der Waals surface area (Å²) in [5.41, 5.74) is 0.746. The van der Waals surface area contributed by atoms with E-state index >= 15 is 0 Å². The summed E-state index contributed by atoms with van der Waals surface area (Å²) in [4.78, 5) is 37.1. The summed E-state index contributed by atoms with van der Waals surface area (Å²) in [7, 11) is 0. The number of esters is 3. The fraction of sp³-hybridized carbons (Fsp3) is 0.400. The van der Waals surface area contributed by atoms with Gasteiger partial charge in [0.2, 0.25) is 0 Å². The molecule has 0 fully saturated rings. The zero-order valence-electron chi connectivity index (χ0n) is 18.5. The average Bonchev–Trinajstić information content (AvgIpc) is 2.74. The van der Waals surface area contributed by atoms with E-state index in [1.54, 1.807) is 20.8 Å². The Labute approximate surface area is 183 Å². The van der Waals surface area contributed by atoms with Crippen molar-refractivity contribution < 1.29 is 28.6 Å². The van der Waals surface area contributed by atoms with Gasteiger partial charge in [0.15, 0.2) is 0 Å². The first-order valence-electron chi connectivity index (χ1n) is 10.3. The minimum absolute atomic E-state index is 0.0932. The van der Waals surface area contributed by atoms with Gasteiger partial charge in [-0.15, -0.1) is 0 Å². The highest BCUT2D eigenvalue weighted by Gasteiger charge is 2.38. The van der Waals surface area contributed by atoms with Crippen LogP contribution in [0.3, 0.4) is 0 Å². The van der Waals surface area contributed by atoms with Crippen LogP contribution in [-0.2, 0) is 41.8 Å². The molecule has 0 spiro atoms. The third-order valence-electron chi connectivity index (χ3n) is 4.86. The van der Waals surface area contributed by atoms with Gasteiger partial charge in [0, 0.05) is 13.3 Å². The van der Waals surface area contributed by atoms with E-state index in [9.17, 15) is 14.4 Å². The Balaban J connectivity index is 2.09. The molecule has 0 saturated carbocycles. The monoisotopic (exact) mass is 426 g/mol. The molecule has 2 aromatic rings. The maximum Gasteiger partial charge on any atom is 0.310 e. The molecule has 2 unspecified atom stereocenters. The molecule has 0 aliphatic rings. The van der Waals surface area contributed by atoms with Crippen LogP contribution >= 0.6 is 0 Å². The molecule has 0 aromatic heterocycles. The Morgan fingerprint density at radius 3 is 1.71 bits per heavy atom. The van der Waals surface area contributed by atoms with Gasteiger partial charge in [-0.05, 0) is 25.0 Å². The molecule has 2 atom stereocenters. The van der Waals surface area contributed by atoms with Crippen molar-refractivity contribution in [2.75, 3.05) is 0 Å². The molecule has 0 heterocycles. The van der Waals surface area contributed by atoms with E-state index in [-0.39, 0.29) is 19.6 Å². The normalized spacial score (nSPS) is 13.0. The molecule has 0 radical (unpaired) electrons. The zero-order chi connectivity index (χ0) is 22.9. The smallest absolute Gasteiger partial charge is 0.310 e. The summed E-state index contributed by atoms with van der Waals surface area (Å²) >= 11 is 0. The Hall–Kier alpha value is -3.15. The second-order valence-electron chi connectivity index (χ2n) is 8.14. The average molecular weight is 427 g/mol. The SMILES string of the molecule is CC(=O)OC(C)(C)CC(C(=O)OCc1ccccc1)C(C)C(=O)OCc1ccccc1. The topological polar surface area (TPSA) is 78.9 Å². The van der Waals surface area contributed by atoms with Crippen molar-refractivity contribution in [1.82, 2.24) is 0 Å². The minimum Gasteiger partial charge on any atom is -0.461 e. The van der Waals surface area contributed by atoms with Gasteiger partial charge in [-0.2, -0.15) is 0 Å². The van der Waals surface area contributed by atoms with Crippen LogP contribution in [0.15, 0.2) is 60.7 Å². The lowest BCUT2D eigenvalue weighted by Gasteiger charge is -2.30. The molecule has 0 amide bonds. The van der Waals surface area contributed by atoms with Gasteiger partial charge >= 0.3 is 17.9 Å². The second kappa shape index (κ2) is 11.3. The molecule has 0 aliphatic heterocycles. The molecule has 0 aliphatic carbocycles. The largest absolute Gasteiger partial charge is 0.461 e. The minimum atomic E-state index is -0.948. The maximum absolute atomic E-state index is 12.9. The Kier molecular flexibility index (Phi) is 8.79. The number of carbonyl (C=O) groups is 3. The van der Waals surface area contributed by atoms with Crippen LogP contribution in [0.4, 0.5) is 0 Å². The van der Waals surface area contributed by atoms with Crippen molar-refractivity contribution in [2.45, 2.75) is 52.9 Å². The molecule has 2 aromatic carbocycles. The molecular weight excluding hydrogens is 396 g/mol.